The molecule has 0 heterocycles. The lowest BCUT2D eigenvalue weighted by Gasteiger charge is -2.34. The van der Waals surface area contributed by atoms with E-state index in [4.69, 9.17) is 4.74 Å². The number of ketones is 1. The van der Waals surface area contributed by atoms with Gasteiger partial charge in [-0.3, -0.25) is 33.6 Å². The molecule has 0 aliphatic heterocycles. The number of hydrogen-bond donors (Lipinski definition) is 8. The molecule has 0 bridgehead atoms. The van der Waals surface area contributed by atoms with Crippen molar-refractivity contribution in [2.45, 2.75) is 110 Å². The summed E-state index contributed by atoms with van der Waals surface area (Å²) in [6, 6.07) is 6.58. The second kappa shape index (κ2) is 23.1. The molecule has 17 nitrogen and oxygen atoms in total. The van der Waals surface area contributed by atoms with Crippen molar-refractivity contribution < 1.29 is 53.6 Å². The topological polar surface area (TPSA) is 253 Å². The minimum absolute atomic E-state index is 0.0760. The van der Waals surface area contributed by atoms with Gasteiger partial charge >= 0.3 is 0 Å². The summed E-state index contributed by atoms with van der Waals surface area (Å²) in [5.74, 6) is -5.77. The number of likely N-dealkylation sites (N-methyl/N-ethyl adjacent to an activating group) is 1. The fraction of sp³-hybridized carbons (Fsp3) is 0.537. The molecule has 8 N–H and O–H groups in total. The van der Waals surface area contributed by atoms with Gasteiger partial charge < -0.3 is 51.5 Å². The average molecular weight is 813 g/mol. The predicted molar refractivity (Wildman–Crippen MR) is 214 cm³/mol. The molecule has 0 fully saturated rings. The van der Waals surface area contributed by atoms with Crippen molar-refractivity contribution in [2.75, 3.05) is 20.8 Å². The highest BCUT2D eigenvalue weighted by atomic mass is 16.5. The lowest BCUT2D eigenvalue weighted by molar-refractivity contribution is -0.144. The predicted octanol–water partition coefficient (Wildman–Crippen LogP) is -0.0936. The molecule has 6 amide bonds. The fourth-order valence-corrected chi connectivity index (χ4v) is 5.78. The van der Waals surface area contributed by atoms with Crippen molar-refractivity contribution in [2.24, 2.45) is 11.8 Å². The highest BCUT2D eigenvalue weighted by Gasteiger charge is 2.39. The highest BCUT2D eigenvalue weighted by molar-refractivity contribution is 5.97. The number of benzene rings is 2. The number of rotatable bonds is 22. The third kappa shape index (κ3) is 13.9. The SMILES string of the molecule is CC[C@H](C)[C@@H](NC(=O)[C@@H](NC(=O)C(C)C)[C@@H](C)O)C(=O)N[C@H](C(=O)N(C)[C@@H](Cc1ccccc1)C(=O)N[C@@H](C(=O)N[C@@H](CO)C(C)=O)[C@@H](C)O)c1ccc(OC)cc1. The van der Waals surface area contributed by atoms with Crippen LogP contribution < -0.4 is 31.3 Å². The van der Waals surface area contributed by atoms with Crippen molar-refractivity contribution in [3.63, 3.8) is 0 Å². The molecule has 17 heteroatoms. The maximum atomic E-state index is 14.7. The Morgan fingerprint density at radius 2 is 1.19 bits per heavy atom. The molecule has 58 heavy (non-hydrogen) atoms. The van der Waals surface area contributed by atoms with E-state index in [0.29, 0.717) is 17.7 Å². The third-order valence-electron chi connectivity index (χ3n) is 9.80. The van der Waals surface area contributed by atoms with Gasteiger partial charge in [0.2, 0.25) is 35.4 Å². The third-order valence-corrected chi connectivity index (χ3v) is 9.80. The van der Waals surface area contributed by atoms with E-state index >= 15 is 0 Å². The van der Waals surface area contributed by atoms with Crippen LogP contribution in [0.4, 0.5) is 0 Å². The van der Waals surface area contributed by atoms with Gasteiger partial charge in [0.1, 0.15) is 42.0 Å². The molecular formula is C41H60N6O11. The molecule has 0 radical (unpaired) electrons. The minimum atomic E-state index is -1.60. The molecule has 2 aromatic carbocycles. The smallest absolute Gasteiger partial charge is 0.250 e. The van der Waals surface area contributed by atoms with Gasteiger partial charge in [0.25, 0.3) is 0 Å². The Bertz CT molecular complexity index is 1700. The van der Waals surface area contributed by atoms with E-state index in [9.17, 15) is 48.9 Å². The van der Waals surface area contributed by atoms with Crippen molar-refractivity contribution in [1.82, 2.24) is 31.5 Å². The molecular weight excluding hydrogens is 752 g/mol. The van der Waals surface area contributed by atoms with Gasteiger partial charge in [-0.1, -0.05) is 76.6 Å². The lowest BCUT2D eigenvalue weighted by atomic mass is 9.96. The standard InChI is InChI=1S/C41H60N6O11/c1-10-23(4)32(43-40(56)34(26(7)51)44-36(52)22(2)3)38(54)46-35(28-16-18-29(58-9)19-17-28)41(57)47(8)31(20-27-14-12-11-13-15-27)37(53)45-33(25(6)50)39(55)42-30(21-48)24(5)49/h11-19,22-23,25-26,30-35,48,50-51H,10,20-21H2,1-9H3,(H,42,55)(H,43,56)(H,44,52)(H,45,53)(H,46,54)/t23-,25+,26+,30-,31-,32+,33+,34-,35-/m0/s1. The summed E-state index contributed by atoms with van der Waals surface area (Å²) < 4.78 is 5.29. The van der Waals surface area contributed by atoms with Crippen LogP contribution in [0.2, 0.25) is 0 Å². The number of methoxy groups -OCH3 is 1. The van der Waals surface area contributed by atoms with Crippen LogP contribution in [0.5, 0.6) is 5.75 Å². The van der Waals surface area contributed by atoms with Gasteiger partial charge in [-0.2, -0.15) is 0 Å². The van der Waals surface area contributed by atoms with Crippen molar-refractivity contribution >= 4 is 41.2 Å². The molecule has 320 valence electrons. The number of nitrogens with zero attached hydrogens (tertiary/aromatic N) is 1. The van der Waals surface area contributed by atoms with Crippen molar-refractivity contribution in [3.8, 4) is 5.75 Å². The van der Waals surface area contributed by atoms with E-state index in [1.165, 1.54) is 28.0 Å². The number of nitrogens with one attached hydrogen (secondary N) is 5. The normalized spacial score (nSPS) is 15.8. The number of Topliss-reactive ketones (excluding diaryl/α,β-unsaturated/α-hetero) is 1. The zero-order valence-electron chi connectivity index (χ0n) is 34.6. The van der Waals surface area contributed by atoms with Gasteiger partial charge in [0, 0.05) is 19.4 Å². The van der Waals surface area contributed by atoms with Gasteiger partial charge in [-0.15, -0.1) is 0 Å². The summed E-state index contributed by atoms with van der Waals surface area (Å²) in [5, 5.41) is 43.2. The largest absolute Gasteiger partial charge is 0.497 e. The maximum absolute atomic E-state index is 14.7. The van der Waals surface area contributed by atoms with Crippen LogP contribution in [0.3, 0.4) is 0 Å². The monoisotopic (exact) mass is 812 g/mol. The molecule has 0 aliphatic carbocycles. The van der Waals surface area contributed by atoms with Crippen LogP contribution in [0, 0.1) is 11.8 Å². The number of carbonyl (C=O) groups is 7. The molecule has 0 aliphatic rings. The van der Waals surface area contributed by atoms with Gasteiger partial charge in [0.15, 0.2) is 5.78 Å². The number of hydrogen-bond acceptors (Lipinski definition) is 11. The quantitative estimate of drug-likeness (QED) is 0.0780. The summed E-state index contributed by atoms with van der Waals surface area (Å²) in [7, 11) is 2.79. The zero-order valence-corrected chi connectivity index (χ0v) is 34.6. The van der Waals surface area contributed by atoms with Crippen LogP contribution in [0.15, 0.2) is 54.6 Å². The van der Waals surface area contributed by atoms with Gasteiger partial charge in [-0.05, 0) is 49.9 Å². The number of carbonyl (C=O) groups excluding carboxylic acids is 7. The Kier molecular flexibility index (Phi) is 19.4. The Hall–Kier alpha value is -5.39. The van der Waals surface area contributed by atoms with Crippen LogP contribution in [0.25, 0.3) is 0 Å². The number of aliphatic hydroxyl groups excluding tert-OH is 3. The first-order valence-corrected chi connectivity index (χ1v) is 19.2. The average Bonchev–Trinajstić information content (AvgIpc) is 3.19. The van der Waals surface area contributed by atoms with E-state index in [-0.39, 0.29) is 12.0 Å². The summed E-state index contributed by atoms with van der Waals surface area (Å²) in [6.45, 7) is 9.75. The van der Waals surface area contributed by atoms with E-state index in [0.717, 1.165) is 11.8 Å². The molecule has 0 spiro atoms. The second-order valence-corrected chi connectivity index (χ2v) is 14.7. The molecule has 0 aromatic heterocycles. The number of aliphatic hydroxyl groups is 3. The lowest BCUT2D eigenvalue weighted by Crippen LogP contribution is -2.61. The first-order valence-electron chi connectivity index (χ1n) is 19.2. The van der Waals surface area contributed by atoms with Crippen LogP contribution in [-0.4, -0.2) is 125 Å². The van der Waals surface area contributed by atoms with E-state index < -0.39 is 108 Å². The Morgan fingerprint density at radius 3 is 1.66 bits per heavy atom. The van der Waals surface area contributed by atoms with E-state index in [2.05, 4.69) is 26.6 Å². The fourth-order valence-electron chi connectivity index (χ4n) is 5.78. The van der Waals surface area contributed by atoms with E-state index in [1.807, 2.05) is 0 Å². The van der Waals surface area contributed by atoms with Crippen LogP contribution in [0.1, 0.15) is 72.1 Å². The van der Waals surface area contributed by atoms with E-state index in [1.54, 1.807) is 82.3 Å². The van der Waals surface area contributed by atoms with Gasteiger partial charge in [-0.25, -0.2) is 0 Å². The second-order valence-electron chi connectivity index (χ2n) is 14.7. The first kappa shape index (κ1) is 48.8. The highest BCUT2D eigenvalue weighted by Crippen LogP contribution is 2.23. The molecule has 2 rings (SSSR count). The molecule has 9 atom stereocenters. The first-order chi connectivity index (χ1) is 27.3. The number of amides is 6. The summed E-state index contributed by atoms with van der Waals surface area (Å²) in [4.78, 5) is 95.2. The van der Waals surface area contributed by atoms with Crippen molar-refractivity contribution in [3.05, 3.63) is 65.7 Å². The van der Waals surface area contributed by atoms with Gasteiger partial charge in [0.05, 0.1) is 25.9 Å². The summed E-state index contributed by atoms with van der Waals surface area (Å²) in [5.41, 5.74) is 0.907. The molecule has 0 saturated heterocycles. The minimum Gasteiger partial charge on any atom is -0.497 e. The number of ether oxygens (including phenoxy) is 1. The Morgan fingerprint density at radius 1 is 0.690 bits per heavy atom. The zero-order chi connectivity index (χ0) is 43.9. The molecule has 0 unspecified atom stereocenters. The Labute approximate surface area is 339 Å². The molecule has 0 saturated carbocycles. The van der Waals surface area contributed by atoms with Crippen molar-refractivity contribution in [1.29, 1.82) is 0 Å². The van der Waals surface area contributed by atoms with Crippen LogP contribution in [-0.2, 0) is 40.0 Å². The summed E-state index contributed by atoms with van der Waals surface area (Å²) in [6.07, 6.45) is -2.46. The van der Waals surface area contributed by atoms with Crippen LogP contribution >= 0.6 is 0 Å². The molecule has 2 aromatic rings. The Balaban J connectivity index is 2.60. The maximum Gasteiger partial charge on any atom is 0.250 e. The summed E-state index contributed by atoms with van der Waals surface area (Å²) >= 11 is 0.